The highest BCUT2D eigenvalue weighted by Gasteiger charge is 2.36. The van der Waals surface area contributed by atoms with Crippen LogP contribution in [0, 0.1) is 0 Å². The third kappa shape index (κ3) is 5.07. The summed E-state index contributed by atoms with van der Waals surface area (Å²) >= 11 is 1.32. The van der Waals surface area contributed by atoms with Crippen LogP contribution in [-0.2, 0) is 21.0 Å². The van der Waals surface area contributed by atoms with Crippen LogP contribution in [0.4, 0.5) is 18.9 Å². The zero-order valence-electron chi connectivity index (χ0n) is 16.2. The van der Waals surface area contributed by atoms with Gasteiger partial charge in [-0.2, -0.15) is 13.2 Å². The summed E-state index contributed by atoms with van der Waals surface area (Å²) < 4.78 is 68.1. The predicted octanol–water partition coefficient (Wildman–Crippen LogP) is 4.03. The van der Waals surface area contributed by atoms with Gasteiger partial charge in [-0.15, -0.1) is 16.2 Å². The van der Waals surface area contributed by atoms with E-state index in [1.54, 1.807) is 6.20 Å². The standard InChI is InChI=1S/C19H20F3N3O3S2/c1-3-12(2)29-13-6-7-16(15(11-13)19(20,21)22)23-18(26)14-5-4-8-25-9-10-30(27,28)24-17(14)25/h4-8,11-12H,3,9-10H2,1-2H3,(H,23,26). The molecule has 0 aromatic heterocycles. The van der Waals surface area contributed by atoms with Gasteiger partial charge in [0, 0.05) is 22.9 Å². The Bertz CT molecular complexity index is 1050. The maximum atomic E-state index is 13.6. The molecule has 1 unspecified atom stereocenters. The van der Waals surface area contributed by atoms with Gasteiger partial charge in [0.1, 0.15) is 0 Å². The molecule has 3 rings (SSSR count). The average Bonchev–Trinajstić information content (AvgIpc) is 2.67. The number of fused-ring (bicyclic) bond motifs is 1. The van der Waals surface area contributed by atoms with Crippen LogP contribution in [0.5, 0.6) is 0 Å². The molecule has 2 heterocycles. The number of hydrogen-bond acceptors (Lipinski definition) is 5. The van der Waals surface area contributed by atoms with Crippen molar-refractivity contribution in [1.29, 1.82) is 0 Å². The largest absolute Gasteiger partial charge is 0.418 e. The molecule has 30 heavy (non-hydrogen) atoms. The number of amides is 1. The Kier molecular flexibility index (Phi) is 6.32. The Hall–Kier alpha value is -2.27. The molecular weight excluding hydrogens is 439 g/mol. The molecule has 1 aromatic rings. The number of halogens is 3. The molecule has 0 aliphatic carbocycles. The van der Waals surface area contributed by atoms with Gasteiger partial charge in [0.15, 0.2) is 5.84 Å². The fourth-order valence-electron chi connectivity index (χ4n) is 2.84. The van der Waals surface area contributed by atoms with Gasteiger partial charge in [0.25, 0.3) is 15.9 Å². The maximum absolute atomic E-state index is 13.6. The number of carbonyl (C=O) groups is 1. The number of amidine groups is 1. The Labute approximate surface area is 177 Å². The smallest absolute Gasteiger partial charge is 0.331 e. The first-order chi connectivity index (χ1) is 14.0. The number of nitrogens with zero attached hydrogens (tertiary/aromatic N) is 2. The quantitative estimate of drug-likeness (QED) is 0.673. The molecule has 0 spiro atoms. The number of hydrogen-bond donors (Lipinski definition) is 1. The minimum Gasteiger partial charge on any atom is -0.331 e. The van der Waals surface area contributed by atoms with Crippen molar-refractivity contribution >= 4 is 39.2 Å². The fraction of sp³-hybridized carbons (Fsp3) is 0.368. The monoisotopic (exact) mass is 459 g/mol. The second-order valence-corrected chi connectivity index (χ2v) is 10.1. The van der Waals surface area contributed by atoms with E-state index in [4.69, 9.17) is 0 Å². The molecule has 6 nitrogen and oxygen atoms in total. The minimum absolute atomic E-state index is 0.0984. The van der Waals surface area contributed by atoms with Crippen LogP contribution in [0.3, 0.4) is 0 Å². The molecule has 0 saturated carbocycles. The number of nitrogens with one attached hydrogen (secondary N) is 1. The number of sulfonamides is 1. The van der Waals surface area contributed by atoms with Crippen molar-refractivity contribution in [3.05, 3.63) is 47.7 Å². The van der Waals surface area contributed by atoms with Gasteiger partial charge >= 0.3 is 6.18 Å². The lowest BCUT2D eigenvalue weighted by Crippen LogP contribution is -2.41. The summed E-state index contributed by atoms with van der Waals surface area (Å²) in [7, 11) is -3.73. The van der Waals surface area contributed by atoms with Crippen LogP contribution in [0.25, 0.3) is 0 Å². The number of allylic oxidation sites excluding steroid dienone is 2. The van der Waals surface area contributed by atoms with Crippen LogP contribution >= 0.6 is 11.8 Å². The lowest BCUT2D eigenvalue weighted by molar-refractivity contribution is -0.137. The van der Waals surface area contributed by atoms with E-state index in [1.807, 2.05) is 13.8 Å². The third-order valence-corrected chi connectivity index (χ3v) is 6.97. The van der Waals surface area contributed by atoms with Crippen molar-refractivity contribution in [2.45, 2.75) is 36.6 Å². The maximum Gasteiger partial charge on any atom is 0.418 e. The number of carbonyl (C=O) groups excluding carboxylic acids is 1. The first kappa shape index (κ1) is 22.4. The van der Waals surface area contributed by atoms with Crippen molar-refractivity contribution in [2.75, 3.05) is 17.6 Å². The van der Waals surface area contributed by atoms with Gasteiger partial charge in [-0.3, -0.25) is 4.79 Å². The molecule has 162 valence electrons. The zero-order chi connectivity index (χ0) is 22.1. The molecule has 2 aliphatic heterocycles. The van der Waals surface area contributed by atoms with E-state index in [1.165, 1.54) is 40.9 Å². The lowest BCUT2D eigenvalue weighted by Gasteiger charge is -2.28. The number of anilines is 1. The molecule has 2 aliphatic rings. The van der Waals surface area contributed by atoms with Crippen LogP contribution in [0.15, 0.2) is 51.4 Å². The molecule has 0 saturated heterocycles. The van der Waals surface area contributed by atoms with Gasteiger partial charge < -0.3 is 10.2 Å². The SMILES string of the molecule is CCC(C)Sc1ccc(NC(=O)C2=CC=CN3CCS(=O)(=O)N=C23)c(C(F)(F)F)c1. The normalized spacial score (nSPS) is 18.9. The third-order valence-electron chi connectivity index (χ3n) is 4.56. The number of thioether (sulfide) groups is 1. The second kappa shape index (κ2) is 8.46. The van der Waals surface area contributed by atoms with Crippen molar-refractivity contribution in [2.24, 2.45) is 4.40 Å². The summed E-state index contributed by atoms with van der Waals surface area (Å²) in [4.78, 5) is 14.7. The van der Waals surface area contributed by atoms with E-state index in [9.17, 15) is 26.4 Å². The molecule has 0 radical (unpaired) electrons. The summed E-state index contributed by atoms with van der Waals surface area (Å²) in [5, 5.41) is 2.41. The van der Waals surface area contributed by atoms with E-state index in [2.05, 4.69) is 9.71 Å². The van der Waals surface area contributed by atoms with Crippen molar-refractivity contribution in [3.8, 4) is 0 Å². The molecule has 1 aromatic carbocycles. The average molecular weight is 460 g/mol. The van der Waals surface area contributed by atoms with Gasteiger partial charge in [0.2, 0.25) is 0 Å². The predicted molar refractivity (Wildman–Crippen MR) is 111 cm³/mol. The molecule has 11 heteroatoms. The lowest BCUT2D eigenvalue weighted by atomic mass is 10.1. The first-order valence-electron chi connectivity index (χ1n) is 9.17. The van der Waals surface area contributed by atoms with Crippen molar-refractivity contribution < 1.29 is 26.4 Å². The summed E-state index contributed by atoms with van der Waals surface area (Å²) in [6.45, 7) is 3.97. The number of alkyl halides is 3. The van der Waals surface area contributed by atoms with Gasteiger partial charge in [-0.1, -0.05) is 13.8 Å². The summed E-state index contributed by atoms with van der Waals surface area (Å²) in [6.07, 6.45) is 0.529. The Morgan fingerprint density at radius 2 is 2.10 bits per heavy atom. The van der Waals surface area contributed by atoms with Gasteiger partial charge in [-0.05, 0) is 36.8 Å². The fourth-order valence-corrected chi connectivity index (χ4v) is 4.79. The minimum atomic E-state index is -4.67. The van der Waals surface area contributed by atoms with E-state index in [0.29, 0.717) is 4.90 Å². The molecule has 1 atom stereocenters. The number of rotatable bonds is 5. The topological polar surface area (TPSA) is 78.8 Å². The highest BCUT2D eigenvalue weighted by atomic mass is 32.2. The van der Waals surface area contributed by atoms with Gasteiger partial charge in [0.05, 0.1) is 22.6 Å². The molecule has 1 amide bonds. The molecule has 0 bridgehead atoms. The Balaban J connectivity index is 1.92. The van der Waals surface area contributed by atoms with Crippen LogP contribution in [0.2, 0.25) is 0 Å². The Morgan fingerprint density at radius 1 is 1.37 bits per heavy atom. The van der Waals surface area contributed by atoms with E-state index in [-0.39, 0.29) is 29.0 Å². The zero-order valence-corrected chi connectivity index (χ0v) is 17.9. The summed E-state index contributed by atoms with van der Waals surface area (Å²) in [6, 6.07) is 3.74. The second-order valence-electron chi connectivity index (χ2n) is 6.81. The highest BCUT2D eigenvalue weighted by Crippen LogP contribution is 2.38. The van der Waals surface area contributed by atoms with Crippen molar-refractivity contribution in [3.63, 3.8) is 0 Å². The Morgan fingerprint density at radius 3 is 2.77 bits per heavy atom. The van der Waals surface area contributed by atoms with E-state index < -0.39 is 33.4 Å². The van der Waals surface area contributed by atoms with Crippen molar-refractivity contribution in [1.82, 2.24) is 4.90 Å². The van der Waals surface area contributed by atoms with E-state index >= 15 is 0 Å². The van der Waals surface area contributed by atoms with Crippen LogP contribution in [0.1, 0.15) is 25.8 Å². The molecule has 0 fully saturated rings. The van der Waals surface area contributed by atoms with E-state index in [0.717, 1.165) is 12.5 Å². The number of benzene rings is 1. The van der Waals surface area contributed by atoms with Crippen LogP contribution < -0.4 is 5.32 Å². The summed E-state index contributed by atoms with van der Waals surface area (Å²) in [5.41, 5.74) is -1.49. The first-order valence-corrected chi connectivity index (χ1v) is 11.7. The highest BCUT2D eigenvalue weighted by molar-refractivity contribution is 8.00. The van der Waals surface area contributed by atoms with Crippen LogP contribution in [-0.4, -0.2) is 42.6 Å². The molecule has 1 N–H and O–H groups in total. The summed E-state index contributed by atoms with van der Waals surface area (Å²) in [5.74, 6) is -1.17. The van der Waals surface area contributed by atoms with Gasteiger partial charge in [-0.25, -0.2) is 8.42 Å². The molecular formula is C19H20F3N3O3S2.